The number of carbonyl (C=O) groups is 1. The largest absolute Gasteiger partial charge is 0.387 e. The van der Waals surface area contributed by atoms with Crippen LogP contribution in [0, 0.1) is 19.8 Å². The van der Waals surface area contributed by atoms with Crippen LogP contribution in [0.5, 0.6) is 0 Å². The number of hydrogen-bond acceptors (Lipinski definition) is 2. The minimum atomic E-state index is -0.590. The summed E-state index contributed by atoms with van der Waals surface area (Å²) in [6.45, 7) is 7.43. The maximum atomic E-state index is 12.1. The standard InChI is InChI=1S/C17H25NO2/c1-12-5-7-17(20)18(9-8-12)11-16(19)15-6-4-13(2)10-14(15)3/h4,6,10,12,16,19H,5,7-9,11H2,1-3H3. The number of likely N-dealkylation sites (tertiary alicyclic amines) is 1. The summed E-state index contributed by atoms with van der Waals surface area (Å²) >= 11 is 0. The van der Waals surface area contributed by atoms with Crippen molar-refractivity contribution < 1.29 is 9.90 Å². The summed E-state index contributed by atoms with van der Waals surface area (Å²) in [5.74, 6) is 0.778. The molecule has 1 amide bonds. The Kier molecular flexibility index (Phi) is 4.81. The highest BCUT2D eigenvalue weighted by atomic mass is 16.3. The molecule has 2 atom stereocenters. The van der Waals surface area contributed by atoms with Crippen LogP contribution in [-0.2, 0) is 4.79 Å². The number of rotatable bonds is 3. The summed E-state index contributed by atoms with van der Waals surface area (Å²) in [4.78, 5) is 13.9. The molecule has 0 aliphatic carbocycles. The highest BCUT2D eigenvalue weighted by Crippen LogP contribution is 2.23. The molecular formula is C17H25NO2. The number of β-amino-alcohol motifs (C(OH)–C–C–N with tert-alkyl or cyclic N) is 1. The Morgan fingerprint density at radius 2 is 2.10 bits per heavy atom. The van der Waals surface area contributed by atoms with Crippen molar-refractivity contribution >= 4 is 5.91 Å². The summed E-state index contributed by atoms with van der Waals surface area (Å²) in [5.41, 5.74) is 3.21. The second-order valence-electron chi connectivity index (χ2n) is 6.15. The fraction of sp³-hybridized carbons (Fsp3) is 0.588. The van der Waals surface area contributed by atoms with Crippen LogP contribution in [0.1, 0.15) is 49.0 Å². The van der Waals surface area contributed by atoms with Crippen LogP contribution in [0.3, 0.4) is 0 Å². The normalized spacial score (nSPS) is 21.7. The predicted molar refractivity (Wildman–Crippen MR) is 80.5 cm³/mol. The van der Waals surface area contributed by atoms with Crippen molar-refractivity contribution in [3.63, 3.8) is 0 Å². The van der Waals surface area contributed by atoms with Crippen LogP contribution in [-0.4, -0.2) is 29.0 Å². The molecule has 0 aromatic heterocycles. The second kappa shape index (κ2) is 6.40. The number of aliphatic hydroxyl groups excluding tert-OH is 1. The smallest absolute Gasteiger partial charge is 0.222 e. The molecule has 0 radical (unpaired) electrons. The maximum absolute atomic E-state index is 12.1. The van der Waals surface area contributed by atoms with E-state index in [4.69, 9.17) is 0 Å². The predicted octanol–water partition coefficient (Wildman–Crippen LogP) is 2.99. The van der Waals surface area contributed by atoms with Crippen molar-refractivity contribution in [3.8, 4) is 0 Å². The van der Waals surface area contributed by atoms with E-state index in [2.05, 4.69) is 13.0 Å². The first-order chi connectivity index (χ1) is 9.47. The van der Waals surface area contributed by atoms with Crippen molar-refractivity contribution in [2.45, 2.75) is 46.1 Å². The zero-order chi connectivity index (χ0) is 14.7. The van der Waals surface area contributed by atoms with Crippen LogP contribution in [0.4, 0.5) is 0 Å². The lowest BCUT2D eigenvalue weighted by Crippen LogP contribution is -2.34. The number of benzene rings is 1. The second-order valence-corrected chi connectivity index (χ2v) is 6.15. The minimum Gasteiger partial charge on any atom is -0.387 e. The molecule has 1 aromatic rings. The Bertz CT molecular complexity index is 484. The van der Waals surface area contributed by atoms with Crippen molar-refractivity contribution in [2.24, 2.45) is 5.92 Å². The zero-order valence-corrected chi connectivity index (χ0v) is 12.7. The fourth-order valence-electron chi connectivity index (χ4n) is 2.87. The summed E-state index contributed by atoms with van der Waals surface area (Å²) in [7, 11) is 0. The van der Waals surface area contributed by atoms with Gasteiger partial charge in [-0.25, -0.2) is 0 Å². The number of aryl methyl sites for hydroxylation is 2. The Balaban J connectivity index is 2.06. The van der Waals surface area contributed by atoms with Gasteiger partial charge in [-0.05, 0) is 43.7 Å². The average Bonchev–Trinajstić information content (AvgIpc) is 2.54. The van der Waals surface area contributed by atoms with Gasteiger partial charge in [-0.15, -0.1) is 0 Å². The molecule has 1 saturated heterocycles. The summed E-state index contributed by atoms with van der Waals surface area (Å²) in [6.07, 6.45) is 2.02. The fourth-order valence-corrected chi connectivity index (χ4v) is 2.87. The number of hydrogen-bond donors (Lipinski definition) is 1. The van der Waals surface area contributed by atoms with Gasteiger partial charge in [0.25, 0.3) is 0 Å². The van der Waals surface area contributed by atoms with Crippen LogP contribution in [0.2, 0.25) is 0 Å². The topological polar surface area (TPSA) is 40.5 Å². The van der Waals surface area contributed by atoms with E-state index in [1.807, 2.05) is 30.9 Å². The molecule has 0 bridgehead atoms. The molecule has 20 heavy (non-hydrogen) atoms. The van der Waals surface area contributed by atoms with Gasteiger partial charge >= 0.3 is 0 Å². The summed E-state index contributed by atoms with van der Waals surface area (Å²) in [6, 6.07) is 6.06. The number of nitrogens with zero attached hydrogens (tertiary/aromatic N) is 1. The molecule has 1 aliphatic heterocycles. The average molecular weight is 275 g/mol. The molecule has 1 aliphatic rings. The minimum absolute atomic E-state index is 0.179. The van der Waals surface area contributed by atoms with Crippen LogP contribution in [0.15, 0.2) is 18.2 Å². The molecule has 1 fully saturated rings. The van der Waals surface area contributed by atoms with Gasteiger partial charge in [0.2, 0.25) is 5.91 Å². The Morgan fingerprint density at radius 1 is 1.35 bits per heavy atom. The molecular weight excluding hydrogens is 250 g/mol. The first-order valence-corrected chi connectivity index (χ1v) is 7.50. The quantitative estimate of drug-likeness (QED) is 0.921. The molecule has 0 saturated carbocycles. The SMILES string of the molecule is Cc1ccc(C(O)CN2CCC(C)CCC2=O)c(C)c1. The van der Waals surface area contributed by atoms with E-state index in [9.17, 15) is 9.90 Å². The molecule has 0 spiro atoms. The highest BCUT2D eigenvalue weighted by Gasteiger charge is 2.23. The van der Waals surface area contributed by atoms with E-state index in [1.165, 1.54) is 5.56 Å². The molecule has 110 valence electrons. The summed E-state index contributed by atoms with van der Waals surface area (Å²) < 4.78 is 0. The van der Waals surface area contributed by atoms with Gasteiger partial charge in [0.05, 0.1) is 12.6 Å². The van der Waals surface area contributed by atoms with Crippen molar-refractivity contribution in [1.82, 2.24) is 4.90 Å². The molecule has 1 N–H and O–H groups in total. The third kappa shape index (κ3) is 3.60. The van der Waals surface area contributed by atoms with E-state index in [1.54, 1.807) is 0 Å². The van der Waals surface area contributed by atoms with Crippen LogP contribution >= 0.6 is 0 Å². The van der Waals surface area contributed by atoms with E-state index >= 15 is 0 Å². The Hall–Kier alpha value is -1.35. The van der Waals surface area contributed by atoms with Gasteiger partial charge < -0.3 is 10.0 Å². The van der Waals surface area contributed by atoms with Crippen molar-refractivity contribution in [3.05, 3.63) is 34.9 Å². The number of carbonyl (C=O) groups excluding carboxylic acids is 1. The zero-order valence-electron chi connectivity index (χ0n) is 12.7. The van der Waals surface area contributed by atoms with Crippen LogP contribution in [0.25, 0.3) is 0 Å². The molecule has 3 heteroatoms. The van der Waals surface area contributed by atoms with E-state index < -0.39 is 6.10 Å². The Labute approximate surface area is 121 Å². The maximum Gasteiger partial charge on any atom is 0.222 e. The van der Waals surface area contributed by atoms with Gasteiger partial charge in [-0.3, -0.25) is 4.79 Å². The first-order valence-electron chi connectivity index (χ1n) is 7.50. The van der Waals surface area contributed by atoms with Gasteiger partial charge in [0.15, 0.2) is 0 Å². The molecule has 2 rings (SSSR count). The molecule has 3 nitrogen and oxygen atoms in total. The Morgan fingerprint density at radius 3 is 2.80 bits per heavy atom. The number of amides is 1. The molecule has 1 heterocycles. The van der Waals surface area contributed by atoms with Crippen molar-refractivity contribution in [2.75, 3.05) is 13.1 Å². The lowest BCUT2D eigenvalue weighted by atomic mass is 10.0. The van der Waals surface area contributed by atoms with Gasteiger partial charge in [-0.2, -0.15) is 0 Å². The van der Waals surface area contributed by atoms with Crippen LogP contribution < -0.4 is 0 Å². The van der Waals surface area contributed by atoms with Gasteiger partial charge in [-0.1, -0.05) is 30.7 Å². The molecule has 1 aromatic carbocycles. The monoisotopic (exact) mass is 275 g/mol. The third-order valence-corrected chi connectivity index (χ3v) is 4.27. The third-order valence-electron chi connectivity index (χ3n) is 4.27. The summed E-state index contributed by atoms with van der Waals surface area (Å²) in [5, 5.41) is 10.4. The number of aliphatic hydroxyl groups is 1. The lowest BCUT2D eigenvalue weighted by Gasteiger charge is -2.25. The van der Waals surface area contributed by atoms with Gasteiger partial charge in [0, 0.05) is 13.0 Å². The van der Waals surface area contributed by atoms with E-state index in [-0.39, 0.29) is 5.91 Å². The van der Waals surface area contributed by atoms with E-state index in [0.29, 0.717) is 18.9 Å². The lowest BCUT2D eigenvalue weighted by molar-refractivity contribution is -0.132. The molecule has 2 unspecified atom stereocenters. The van der Waals surface area contributed by atoms with Crippen molar-refractivity contribution in [1.29, 1.82) is 0 Å². The highest BCUT2D eigenvalue weighted by molar-refractivity contribution is 5.76. The van der Waals surface area contributed by atoms with E-state index in [0.717, 1.165) is 30.5 Å². The first kappa shape index (κ1) is 15.0. The van der Waals surface area contributed by atoms with Gasteiger partial charge in [0.1, 0.15) is 0 Å².